The second-order valence-corrected chi connectivity index (χ2v) is 7.72. The Bertz CT molecular complexity index is 724. The molecular weight excluding hydrogens is 356 g/mol. The van der Waals surface area contributed by atoms with Crippen molar-refractivity contribution in [2.75, 3.05) is 19.6 Å². The van der Waals surface area contributed by atoms with E-state index in [1.54, 1.807) is 0 Å². The van der Waals surface area contributed by atoms with Gasteiger partial charge in [0.2, 0.25) is 0 Å². The highest BCUT2D eigenvalue weighted by molar-refractivity contribution is 5.94. The van der Waals surface area contributed by atoms with E-state index in [1.807, 2.05) is 30.3 Å². The number of hydrogen-bond acceptors (Lipinski definition) is 2. The zero-order valence-electron chi connectivity index (χ0n) is 15.8. The first kappa shape index (κ1) is 19.9. The fourth-order valence-electron chi connectivity index (χ4n) is 4.48. The fourth-order valence-corrected chi connectivity index (χ4v) is 4.48. The summed E-state index contributed by atoms with van der Waals surface area (Å²) in [6.45, 7) is 2.83. The van der Waals surface area contributed by atoms with Crippen LogP contribution in [0, 0.1) is 5.92 Å². The second kappa shape index (κ2) is 9.38. The van der Waals surface area contributed by atoms with Crippen LogP contribution < -0.4 is 5.32 Å². The van der Waals surface area contributed by atoms with Crippen molar-refractivity contribution in [1.82, 2.24) is 10.2 Å². The van der Waals surface area contributed by atoms with Gasteiger partial charge in [0, 0.05) is 24.7 Å². The van der Waals surface area contributed by atoms with Crippen LogP contribution in [0.25, 0.3) is 0 Å². The van der Waals surface area contributed by atoms with Crippen LogP contribution in [0.3, 0.4) is 0 Å². The molecule has 0 saturated carbocycles. The highest BCUT2D eigenvalue weighted by atomic mass is 35.5. The quantitative estimate of drug-likeness (QED) is 0.841. The molecule has 1 aliphatic heterocycles. The first-order chi connectivity index (χ1) is 12.8. The Hall–Kier alpha value is -1.84. The predicted molar refractivity (Wildman–Crippen MR) is 113 cm³/mol. The van der Waals surface area contributed by atoms with E-state index in [0.717, 1.165) is 38.0 Å². The lowest BCUT2D eigenvalue weighted by Gasteiger charge is -2.36. The van der Waals surface area contributed by atoms with Gasteiger partial charge in [0.1, 0.15) is 0 Å². The van der Waals surface area contributed by atoms with E-state index in [9.17, 15) is 4.79 Å². The molecule has 2 aromatic rings. The third-order valence-corrected chi connectivity index (χ3v) is 5.86. The Morgan fingerprint density at radius 2 is 1.59 bits per heavy atom. The minimum absolute atomic E-state index is 0. The minimum Gasteiger partial charge on any atom is -0.334 e. The number of nitrogens with one attached hydrogen (secondary N) is 1. The molecule has 1 saturated heterocycles. The van der Waals surface area contributed by atoms with Crippen molar-refractivity contribution in [3.63, 3.8) is 0 Å². The summed E-state index contributed by atoms with van der Waals surface area (Å²) >= 11 is 0. The molecule has 1 amide bonds. The van der Waals surface area contributed by atoms with E-state index in [2.05, 4.69) is 34.5 Å². The molecule has 4 rings (SSSR count). The number of fused-ring (bicyclic) bond motifs is 1. The maximum atomic E-state index is 12.9. The molecule has 1 fully saturated rings. The normalized spacial score (nSPS) is 19.4. The lowest BCUT2D eigenvalue weighted by atomic mass is 10.00. The first-order valence-corrected chi connectivity index (χ1v) is 9.95. The van der Waals surface area contributed by atoms with Gasteiger partial charge < -0.3 is 10.2 Å². The van der Waals surface area contributed by atoms with Crippen molar-refractivity contribution in [2.24, 2.45) is 5.92 Å². The standard InChI is InChI=1S/C23H28N2O.ClH/c26-23(19-8-2-1-3-9-19)25-13-7-6-12-22(25)17-24-16-18-14-20-10-4-5-11-21(20)15-18;/h1-5,8-11,18,22,24H,6-7,12-17H2;1H. The van der Waals surface area contributed by atoms with Crippen molar-refractivity contribution >= 4 is 18.3 Å². The lowest BCUT2D eigenvalue weighted by molar-refractivity contribution is 0.0611. The summed E-state index contributed by atoms with van der Waals surface area (Å²) in [4.78, 5) is 15.0. The first-order valence-electron chi connectivity index (χ1n) is 9.95. The van der Waals surface area contributed by atoms with Crippen molar-refractivity contribution in [2.45, 2.75) is 38.1 Å². The van der Waals surface area contributed by atoms with Gasteiger partial charge in [0.15, 0.2) is 0 Å². The van der Waals surface area contributed by atoms with Gasteiger partial charge >= 0.3 is 0 Å². The number of rotatable bonds is 5. The monoisotopic (exact) mass is 384 g/mol. The third-order valence-electron chi connectivity index (χ3n) is 5.86. The number of amides is 1. The Labute approximate surface area is 168 Å². The van der Waals surface area contributed by atoms with E-state index in [0.29, 0.717) is 12.0 Å². The number of nitrogens with zero attached hydrogens (tertiary/aromatic N) is 1. The number of carbonyl (C=O) groups is 1. The number of carbonyl (C=O) groups excluding carboxylic acids is 1. The highest BCUT2D eigenvalue weighted by Crippen LogP contribution is 2.26. The Morgan fingerprint density at radius 3 is 2.30 bits per heavy atom. The fraction of sp³-hybridized carbons (Fsp3) is 0.435. The SMILES string of the molecule is Cl.O=C(c1ccccc1)N1CCCCC1CNCC1Cc2ccccc2C1. The molecule has 0 radical (unpaired) electrons. The molecule has 0 spiro atoms. The lowest BCUT2D eigenvalue weighted by Crippen LogP contribution is -2.49. The van der Waals surface area contributed by atoms with Crippen molar-refractivity contribution in [1.29, 1.82) is 0 Å². The maximum Gasteiger partial charge on any atom is 0.254 e. The van der Waals surface area contributed by atoms with Gasteiger partial charge in [-0.25, -0.2) is 0 Å². The molecule has 3 nitrogen and oxygen atoms in total. The third kappa shape index (κ3) is 4.72. The number of likely N-dealkylation sites (tertiary alicyclic amines) is 1. The van der Waals surface area contributed by atoms with Crippen LogP contribution in [0.15, 0.2) is 54.6 Å². The number of benzene rings is 2. The van der Waals surface area contributed by atoms with Crippen LogP contribution in [0.2, 0.25) is 0 Å². The Kier molecular flexibility index (Phi) is 6.92. The van der Waals surface area contributed by atoms with E-state index >= 15 is 0 Å². The van der Waals surface area contributed by atoms with Crippen molar-refractivity contribution in [3.05, 3.63) is 71.3 Å². The highest BCUT2D eigenvalue weighted by Gasteiger charge is 2.28. The molecule has 1 unspecified atom stereocenters. The second-order valence-electron chi connectivity index (χ2n) is 7.72. The zero-order chi connectivity index (χ0) is 17.8. The largest absolute Gasteiger partial charge is 0.334 e. The van der Waals surface area contributed by atoms with Gasteiger partial charge in [-0.15, -0.1) is 12.4 Å². The molecule has 27 heavy (non-hydrogen) atoms. The average molecular weight is 385 g/mol. The van der Waals surface area contributed by atoms with Crippen LogP contribution in [0.1, 0.15) is 40.7 Å². The van der Waals surface area contributed by atoms with Gasteiger partial charge in [-0.05, 0) is 67.8 Å². The van der Waals surface area contributed by atoms with E-state index < -0.39 is 0 Å². The molecule has 2 aliphatic rings. The number of hydrogen-bond donors (Lipinski definition) is 1. The predicted octanol–water partition coefficient (Wildman–Crippen LogP) is 4.11. The molecule has 144 valence electrons. The molecule has 4 heteroatoms. The Balaban J connectivity index is 0.00000210. The molecule has 1 atom stereocenters. The molecule has 1 aliphatic carbocycles. The van der Waals surface area contributed by atoms with Gasteiger partial charge in [-0.1, -0.05) is 42.5 Å². The summed E-state index contributed by atoms with van der Waals surface area (Å²) in [5.41, 5.74) is 3.83. The molecule has 0 aromatic heterocycles. The summed E-state index contributed by atoms with van der Waals surface area (Å²) in [5, 5.41) is 3.67. The number of piperidine rings is 1. The summed E-state index contributed by atoms with van der Waals surface area (Å²) in [5.74, 6) is 0.875. The Morgan fingerprint density at radius 1 is 0.926 bits per heavy atom. The molecule has 2 aromatic carbocycles. The van der Waals surface area contributed by atoms with Crippen molar-refractivity contribution < 1.29 is 4.79 Å². The van der Waals surface area contributed by atoms with Crippen LogP contribution >= 0.6 is 12.4 Å². The van der Waals surface area contributed by atoms with Crippen LogP contribution in [-0.4, -0.2) is 36.5 Å². The average Bonchev–Trinajstić information content (AvgIpc) is 3.11. The summed E-state index contributed by atoms with van der Waals surface area (Å²) in [7, 11) is 0. The van der Waals surface area contributed by atoms with Gasteiger partial charge in [0.25, 0.3) is 5.91 Å². The van der Waals surface area contributed by atoms with E-state index in [-0.39, 0.29) is 18.3 Å². The summed E-state index contributed by atoms with van der Waals surface area (Å²) in [6.07, 6.45) is 5.81. The minimum atomic E-state index is 0. The van der Waals surface area contributed by atoms with Crippen LogP contribution in [0.5, 0.6) is 0 Å². The summed E-state index contributed by atoms with van der Waals surface area (Å²) in [6, 6.07) is 18.8. The number of halogens is 1. The topological polar surface area (TPSA) is 32.3 Å². The molecule has 1 N–H and O–H groups in total. The zero-order valence-corrected chi connectivity index (χ0v) is 16.6. The van der Waals surface area contributed by atoms with Gasteiger partial charge in [-0.3, -0.25) is 4.79 Å². The van der Waals surface area contributed by atoms with Crippen LogP contribution in [0.4, 0.5) is 0 Å². The molecule has 1 heterocycles. The van der Waals surface area contributed by atoms with E-state index in [1.165, 1.54) is 30.4 Å². The molecular formula is C23H29ClN2O. The van der Waals surface area contributed by atoms with Gasteiger partial charge in [0.05, 0.1) is 0 Å². The summed E-state index contributed by atoms with van der Waals surface area (Å²) < 4.78 is 0. The van der Waals surface area contributed by atoms with Crippen LogP contribution in [-0.2, 0) is 12.8 Å². The van der Waals surface area contributed by atoms with Gasteiger partial charge in [-0.2, -0.15) is 0 Å². The maximum absolute atomic E-state index is 12.9. The molecule has 0 bridgehead atoms. The smallest absolute Gasteiger partial charge is 0.254 e. The van der Waals surface area contributed by atoms with Crippen molar-refractivity contribution in [3.8, 4) is 0 Å². The van der Waals surface area contributed by atoms with E-state index in [4.69, 9.17) is 0 Å².